The Hall–Kier alpha value is -3.99. The first kappa shape index (κ1) is 25.6. The molecule has 2 aromatic carbocycles. The van der Waals surface area contributed by atoms with E-state index in [1.165, 1.54) is 24.9 Å². The highest BCUT2D eigenvalue weighted by Crippen LogP contribution is 2.27. The van der Waals surface area contributed by atoms with Crippen molar-refractivity contribution in [3.05, 3.63) is 66.0 Å². The van der Waals surface area contributed by atoms with Crippen LogP contribution < -0.4 is 20.1 Å². The number of nitrogens with zero attached hydrogens (tertiary/aromatic N) is 2. The van der Waals surface area contributed by atoms with Crippen LogP contribution in [0, 0.1) is 0 Å². The molecule has 0 aliphatic heterocycles. The van der Waals surface area contributed by atoms with Crippen LogP contribution in [0.3, 0.4) is 0 Å². The molecule has 0 spiro atoms. The molecular weight excluding hydrogens is 472 g/mol. The van der Waals surface area contributed by atoms with Gasteiger partial charge in [0, 0.05) is 26.0 Å². The highest BCUT2D eigenvalue weighted by atomic mass is 32.2. The van der Waals surface area contributed by atoms with E-state index in [9.17, 15) is 14.4 Å². The predicted molar refractivity (Wildman–Crippen MR) is 131 cm³/mol. The summed E-state index contributed by atoms with van der Waals surface area (Å²) in [6.45, 7) is -0.250. The minimum atomic E-state index is -0.723. The summed E-state index contributed by atoms with van der Waals surface area (Å²) in [4.78, 5) is 41.3. The molecule has 0 fully saturated rings. The van der Waals surface area contributed by atoms with Crippen LogP contribution in [0.5, 0.6) is 11.5 Å². The van der Waals surface area contributed by atoms with E-state index in [0.29, 0.717) is 22.3 Å². The van der Waals surface area contributed by atoms with Crippen LogP contribution in [0.25, 0.3) is 0 Å². The number of thioether (sulfide) groups is 1. The van der Waals surface area contributed by atoms with Crippen molar-refractivity contribution in [2.75, 3.05) is 31.9 Å². The van der Waals surface area contributed by atoms with Gasteiger partial charge in [0.2, 0.25) is 5.91 Å². The van der Waals surface area contributed by atoms with Gasteiger partial charge >= 0.3 is 5.97 Å². The summed E-state index contributed by atoms with van der Waals surface area (Å²) in [6.07, 6.45) is 3.44. The topological polar surface area (TPSA) is 121 Å². The SMILES string of the molecule is COc1ccc(CNC(=O)COC(=O)c2ccccc2NC(=O)CSc2nccn2C)cc1OC. The molecule has 1 aromatic heterocycles. The lowest BCUT2D eigenvalue weighted by Gasteiger charge is -2.12. The average Bonchev–Trinajstić information content (AvgIpc) is 3.29. The highest BCUT2D eigenvalue weighted by molar-refractivity contribution is 7.99. The van der Waals surface area contributed by atoms with E-state index < -0.39 is 18.5 Å². The Morgan fingerprint density at radius 2 is 1.80 bits per heavy atom. The van der Waals surface area contributed by atoms with Crippen molar-refractivity contribution in [2.24, 2.45) is 7.05 Å². The largest absolute Gasteiger partial charge is 0.493 e. The molecule has 0 atom stereocenters. The summed E-state index contributed by atoms with van der Waals surface area (Å²) < 4.78 is 17.4. The molecule has 1 heterocycles. The van der Waals surface area contributed by atoms with Crippen molar-refractivity contribution in [1.82, 2.24) is 14.9 Å². The lowest BCUT2D eigenvalue weighted by atomic mass is 10.2. The molecule has 0 aliphatic carbocycles. The molecule has 10 nitrogen and oxygen atoms in total. The first-order valence-corrected chi connectivity index (χ1v) is 11.5. The number of carbonyl (C=O) groups is 3. The number of para-hydroxylation sites is 1. The molecule has 3 rings (SSSR count). The molecule has 0 radical (unpaired) electrons. The van der Waals surface area contributed by atoms with E-state index in [1.54, 1.807) is 60.5 Å². The fourth-order valence-corrected chi connectivity index (χ4v) is 3.76. The fraction of sp³-hybridized carbons (Fsp3) is 0.250. The molecular formula is C24H26N4O6S. The Balaban J connectivity index is 1.50. The van der Waals surface area contributed by atoms with Gasteiger partial charge in [-0.2, -0.15) is 0 Å². The van der Waals surface area contributed by atoms with Gasteiger partial charge in [0.15, 0.2) is 23.3 Å². The lowest BCUT2D eigenvalue weighted by molar-refractivity contribution is -0.124. The van der Waals surface area contributed by atoms with Crippen LogP contribution in [-0.2, 0) is 27.9 Å². The first-order chi connectivity index (χ1) is 16.9. The zero-order valence-electron chi connectivity index (χ0n) is 19.6. The minimum absolute atomic E-state index is 0.118. The number of nitrogens with one attached hydrogen (secondary N) is 2. The van der Waals surface area contributed by atoms with Crippen molar-refractivity contribution in [3.8, 4) is 11.5 Å². The molecule has 0 aliphatic rings. The number of esters is 1. The Kier molecular flexibility index (Phi) is 9.13. The summed E-state index contributed by atoms with van der Waals surface area (Å²) >= 11 is 1.27. The average molecular weight is 499 g/mol. The molecule has 11 heteroatoms. The number of ether oxygens (including phenoxy) is 3. The second-order valence-electron chi connectivity index (χ2n) is 7.25. The van der Waals surface area contributed by atoms with Crippen molar-refractivity contribution >= 4 is 35.2 Å². The zero-order valence-corrected chi connectivity index (χ0v) is 20.4. The maximum atomic E-state index is 12.6. The summed E-state index contributed by atoms with van der Waals surface area (Å²) in [5.74, 6) is -0.252. The third-order valence-corrected chi connectivity index (χ3v) is 5.86. The van der Waals surface area contributed by atoms with Crippen LogP contribution >= 0.6 is 11.8 Å². The van der Waals surface area contributed by atoms with Crippen LogP contribution in [0.15, 0.2) is 60.0 Å². The van der Waals surface area contributed by atoms with Crippen molar-refractivity contribution in [1.29, 1.82) is 0 Å². The van der Waals surface area contributed by atoms with Crippen LogP contribution in [0.1, 0.15) is 15.9 Å². The molecule has 35 heavy (non-hydrogen) atoms. The second-order valence-corrected chi connectivity index (χ2v) is 8.19. The van der Waals surface area contributed by atoms with Gasteiger partial charge < -0.3 is 29.4 Å². The van der Waals surface area contributed by atoms with Gasteiger partial charge in [-0.25, -0.2) is 9.78 Å². The quantitative estimate of drug-likeness (QED) is 0.306. The predicted octanol–water partition coefficient (Wildman–Crippen LogP) is 2.64. The van der Waals surface area contributed by atoms with E-state index >= 15 is 0 Å². The fourth-order valence-electron chi connectivity index (χ4n) is 3.03. The number of benzene rings is 2. The van der Waals surface area contributed by atoms with E-state index in [1.807, 2.05) is 7.05 Å². The van der Waals surface area contributed by atoms with Crippen molar-refractivity contribution in [3.63, 3.8) is 0 Å². The number of aromatic nitrogens is 2. The molecule has 0 bridgehead atoms. The summed E-state index contributed by atoms with van der Waals surface area (Å²) in [5.41, 5.74) is 1.24. The third kappa shape index (κ3) is 7.24. The monoisotopic (exact) mass is 498 g/mol. The maximum Gasteiger partial charge on any atom is 0.340 e. The normalized spacial score (nSPS) is 10.4. The number of aryl methyl sites for hydroxylation is 1. The number of imidazole rings is 1. The molecule has 3 aromatic rings. The van der Waals surface area contributed by atoms with Crippen molar-refractivity contribution < 1.29 is 28.6 Å². The Bertz CT molecular complexity index is 1200. The van der Waals surface area contributed by atoms with Gasteiger partial charge in [-0.1, -0.05) is 30.0 Å². The van der Waals surface area contributed by atoms with E-state index in [4.69, 9.17) is 14.2 Å². The number of hydrogen-bond acceptors (Lipinski definition) is 8. The van der Waals surface area contributed by atoms with Crippen LogP contribution in [0.4, 0.5) is 5.69 Å². The summed E-state index contributed by atoms with van der Waals surface area (Å²) in [5, 5.41) is 6.09. The highest BCUT2D eigenvalue weighted by Gasteiger charge is 2.16. The Morgan fingerprint density at radius 3 is 2.51 bits per heavy atom. The first-order valence-electron chi connectivity index (χ1n) is 10.5. The van der Waals surface area contributed by atoms with Gasteiger partial charge in [-0.05, 0) is 29.8 Å². The third-order valence-electron chi connectivity index (χ3n) is 4.80. The standard InChI is InChI=1S/C24H26N4O6S/c1-28-11-10-25-24(28)35-15-22(30)27-18-7-5-4-6-17(18)23(31)34-14-21(29)26-13-16-8-9-19(32-2)20(12-16)33-3/h4-12H,13-15H2,1-3H3,(H,26,29)(H,27,30). The van der Waals surface area contributed by atoms with Crippen LogP contribution in [-0.4, -0.2) is 53.9 Å². The summed E-state index contributed by atoms with van der Waals surface area (Å²) in [7, 11) is 4.90. The van der Waals surface area contributed by atoms with Gasteiger partial charge in [-0.3, -0.25) is 9.59 Å². The number of rotatable bonds is 11. The molecule has 0 unspecified atom stereocenters. The van der Waals surface area contributed by atoms with Gasteiger partial charge in [0.25, 0.3) is 5.91 Å². The summed E-state index contributed by atoms with van der Waals surface area (Å²) in [6, 6.07) is 11.7. The molecule has 0 saturated heterocycles. The van der Waals surface area contributed by atoms with Gasteiger partial charge in [-0.15, -0.1) is 0 Å². The molecule has 2 amide bonds. The number of anilines is 1. The lowest BCUT2D eigenvalue weighted by Crippen LogP contribution is -2.28. The molecule has 184 valence electrons. The maximum absolute atomic E-state index is 12.6. The smallest absolute Gasteiger partial charge is 0.340 e. The molecule has 0 saturated carbocycles. The number of hydrogen-bond donors (Lipinski definition) is 2. The van der Waals surface area contributed by atoms with Crippen molar-refractivity contribution in [2.45, 2.75) is 11.7 Å². The second kappa shape index (κ2) is 12.5. The number of carbonyl (C=O) groups excluding carboxylic acids is 3. The van der Waals surface area contributed by atoms with E-state index in [-0.39, 0.29) is 23.8 Å². The van der Waals surface area contributed by atoms with Gasteiger partial charge in [0.05, 0.1) is 31.2 Å². The van der Waals surface area contributed by atoms with E-state index in [0.717, 1.165) is 5.56 Å². The Labute approximate surface area is 207 Å². The number of methoxy groups -OCH3 is 2. The molecule has 2 N–H and O–H groups in total. The van der Waals surface area contributed by atoms with E-state index in [2.05, 4.69) is 15.6 Å². The van der Waals surface area contributed by atoms with Crippen LogP contribution in [0.2, 0.25) is 0 Å². The minimum Gasteiger partial charge on any atom is -0.493 e. The van der Waals surface area contributed by atoms with Gasteiger partial charge in [0.1, 0.15) is 0 Å². The Morgan fingerprint density at radius 1 is 1.03 bits per heavy atom. The number of amides is 2. The zero-order chi connectivity index (χ0) is 25.2.